The van der Waals surface area contributed by atoms with E-state index in [9.17, 15) is 8.42 Å². The summed E-state index contributed by atoms with van der Waals surface area (Å²) in [4.78, 5) is 4.29. The molecular weight excluding hydrogens is 318 g/mol. The lowest BCUT2D eigenvalue weighted by Crippen LogP contribution is -2.40. The highest BCUT2D eigenvalue weighted by Crippen LogP contribution is 2.16. The van der Waals surface area contributed by atoms with E-state index in [1.807, 2.05) is 13.1 Å². The predicted molar refractivity (Wildman–Crippen MR) is 87.6 cm³/mol. The number of hydrogen-bond acceptors (Lipinski definition) is 5. The van der Waals surface area contributed by atoms with Gasteiger partial charge >= 0.3 is 0 Å². The van der Waals surface area contributed by atoms with Crippen LogP contribution in [0.15, 0.2) is 12.4 Å². The molecule has 0 amide bonds. The third-order valence-electron chi connectivity index (χ3n) is 4.00. The van der Waals surface area contributed by atoms with E-state index < -0.39 is 10.0 Å². The van der Waals surface area contributed by atoms with Crippen LogP contribution in [0, 0.1) is 0 Å². The Labute approximate surface area is 138 Å². The van der Waals surface area contributed by atoms with Crippen molar-refractivity contribution in [3.63, 3.8) is 0 Å². The number of rotatable bonds is 9. The van der Waals surface area contributed by atoms with Crippen LogP contribution in [0.5, 0.6) is 0 Å². The Morgan fingerprint density at radius 1 is 1.35 bits per heavy atom. The molecular formula is C15H27N3O4S. The first-order chi connectivity index (χ1) is 11.0. The number of aromatic nitrogens is 2. The van der Waals surface area contributed by atoms with Crippen molar-refractivity contribution < 1.29 is 17.9 Å². The molecule has 0 N–H and O–H groups in total. The Hall–Kier alpha value is -0.960. The third kappa shape index (κ3) is 5.87. The van der Waals surface area contributed by atoms with Crippen LogP contribution in [0.1, 0.15) is 32.0 Å². The van der Waals surface area contributed by atoms with Gasteiger partial charge < -0.3 is 14.0 Å². The molecule has 0 spiro atoms. The number of imidazole rings is 1. The molecule has 1 aromatic rings. The van der Waals surface area contributed by atoms with Crippen molar-refractivity contribution in [2.45, 2.75) is 45.4 Å². The molecule has 0 aromatic carbocycles. The molecule has 1 fully saturated rings. The molecule has 7 nitrogen and oxygen atoms in total. The average molecular weight is 345 g/mol. The van der Waals surface area contributed by atoms with E-state index >= 15 is 0 Å². The standard InChI is InChI=1S/C15H27N3O4S/c1-3-21-13-15-16-7-11-17(15)8-4-12-22-14-5-9-18(10-6-14)23(2,19)20/h7,11,14H,3-6,8-10,12-13H2,1-2H3. The van der Waals surface area contributed by atoms with E-state index in [1.54, 1.807) is 6.20 Å². The Balaban J connectivity index is 1.64. The van der Waals surface area contributed by atoms with Crippen molar-refractivity contribution in [3.8, 4) is 0 Å². The summed E-state index contributed by atoms with van der Waals surface area (Å²) in [5.41, 5.74) is 0. The number of hydrogen-bond donors (Lipinski definition) is 0. The minimum Gasteiger partial charge on any atom is -0.378 e. The summed E-state index contributed by atoms with van der Waals surface area (Å²) in [5.74, 6) is 0.938. The number of ether oxygens (including phenoxy) is 2. The fourth-order valence-corrected chi connectivity index (χ4v) is 3.57. The summed E-state index contributed by atoms with van der Waals surface area (Å²) in [6.45, 7) is 5.83. The first kappa shape index (κ1) is 18.4. The van der Waals surface area contributed by atoms with Gasteiger partial charge in [-0.2, -0.15) is 0 Å². The third-order valence-corrected chi connectivity index (χ3v) is 5.31. The Morgan fingerprint density at radius 3 is 2.74 bits per heavy atom. The monoisotopic (exact) mass is 345 g/mol. The van der Waals surface area contributed by atoms with E-state index in [0.717, 1.165) is 31.6 Å². The maximum Gasteiger partial charge on any atom is 0.211 e. The van der Waals surface area contributed by atoms with Gasteiger partial charge in [-0.15, -0.1) is 0 Å². The normalized spacial score (nSPS) is 17.7. The van der Waals surface area contributed by atoms with Crippen molar-refractivity contribution in [2.24, 2.45) is 0 Å². The smallest absolute Gasteiger partial charge is 0.211 e. The first-order valence-electron chi connectivity index (χ1n) is 8.15. The van der Waals surface area contributed by atoms with Gasteiger partial charge in [0.2, 0.25) is 10.0 Å². The van der Waals surface area contributed by atoms with Crippen LogP contribution in [0.3, 0.4) is 0 Å². The minimum atomic E-state index is -3.06. The van der Waals surface area contributed by atoms with Crippen LogP contribution in [0.25, 0.3) is 0 Å². The fraction of sp³-hybridized carbons (Fsp3) is 0.800. The lowest BCUT2D eigenvalue weighted by atomic mass is 10.1. The fourth-order valence-electron chi connectivity index (χ4n) is 2.69. The number of nitrogens with zero attached hydrogens (tertiary/aromatic N) is 3. The highest BCUT2D eigenvalue weighted by molar-refractivity contribution is 7.88. The van der Waals surface area contributed by atoms with Gasteiger partial charge in [-0.05, 0) is 26.2 Å². The molecule has 0 unspecified atom stereocenters. The van der Waals surface area contributed by atoms with Gasteiger partial charge in [0.25, 0.3) is 0 Å². The van der Waals surface area contributed by atoms with Gasteiger partial charge in [0.15, 0.2) is 0 Å². The Kier molecular flexibility index (Phi) is 7.01. The van der Waals surface area contributed by atoms with Crippen LogP contribution in [-0.2, 0) is 32.6 Å². The van der Waals surface area contributed by atoms with E-state index in [-0.39, 0.29) is 6.10 Å². The quantitative estimate of drug-likeness (QED) is 0.630. The second-order valence-electron chi connectivity index (χ2n) is 5.76. The van der Waals surface area contributed by atoms with Crippen LogP contribution >= 0.6 is 0 Å². The maximum atomic E-state index is 11.5. The second kappa shape index (κ2) is 8.77. The Morgan fingerprint density at radius 2 is 2.09 bits per heavy atom. The van der Waals surface area contributed by atoms with Gasteiger partial charge in [0, 0.05) is 45.2 Å². The van der Waals surface area contributed by atoms with Crippen molar-refractivity contribution in [3.05, 3.63) is 18.2 Å². The SMILES string of the molecule is CCOCc1nccn1CCCOC1CCN(S(C)(=O)=O)CC1. The molecule has 0 bridgehead atoms. The van der Waals surface area contributed by atoms with Crippen molar-refractivity contribution >= 4 is 10.0 Å². The zero-order valence-corrected chi connectivity index (χ0v) is 14.8. The van der Waals surface area contributed by atoms with Crippen LogP contribution in [0.2, 0.25) is 0 Å². The number of piperidine rings is 1. The van der Waals surface area contributed by atoms with Crippen LogP contribution < -0.4 is 0 Å². The highest BCUT2D eigenvalue weighted by atomic mass is 32.2. The maximum absolute atomic E-state index is 11.5. The molecule has 8 heteroatoms. The molecule has 132 valence electrons. The summed E-state index contributed by atoms with van der Waals surface area (Å²) in [7, 11) is -3.06. The van der Waals surface area contributed by atoms with E-state index in [0.29, 0.717) is 32.9 Å². The van der Waals surface area contributed by atoms with Gasteiger partial charge in [-0.25, -0.2) is 17.7 Å². The molecule has 0 aliphatic carbocycles. The minimum absolute atomic E-state index is 0.165. The Bertz CT molecular complexity index is 565. The molecule has 1 saturated heterocycles. The van der Waals surface area contributed by atoms with Crippen molar-refractivity contribution in [1.82, 2.24) is 13.9 Å². The number of aryl methyl sites for hydroxylation is 1. The van der Waals surface area contributed by atoms with E-state index in [1.165, 1.54) is 10.6 Å². The molecule has 23 heavy (non-hydrogen) atoms. The molecule has 2 rings (SSSR count). The summed E-state index contributed by atoms with van der Waals surface area (Å²) in [6, 6.07) is 0. The molecule has 2 heterocycles. The zero-order chi connectivity index (χ0) is 16.7. The first-order valence-corrected chi connectivity index (χ1v) is 10.00. The highest BCUT2D eigenvalue weighted by Gasteiger charge is 2.25. The summed E-state index contributed by atoms with van der Waals surface area (Å²) in [5, 5.41) is 0. The summed E-state index contributed by atoms with van der Waals surface area (Å²) < 4.78 is 37.8. The van der Waals surface area contributed by atoms with Gasteiger partial charge in [-0.3, -0.25) is 0 Å². The van der Waals surface area contributed by atoms with Crippen molar-refractivity contribution in [2.75, 3.05) is 32.6 Å². The van der Waals surface area contributed by atoms with Gasteiger partial charge in [0.1, 0.15) is 12.4 Å². The summed E-state index contributed by atoms with van der Waals surface area (Å²) >= 11 is 0. The number of sulfonamides is 1. The molecule has 0 radical (unpaired) electrons. The van der Waals surface area contributed by atoms with E-state index in [2.05, 4.69) is 9.55 Å². The molecule has 1 aromatic heterocycles. The lowest BCUT2D eigenvalue weighted by molar-refractivity contribution is 0.0185. The summed E-state index contributed by atoms with van der Waals surface area (Å²) in [6.07, 6.45) is 7.62. The van der Waals surface area contributed by atoms with E-state index in [4.69, 9.17) is 9.47 Å². The topological polar surface area (TPSA) is 73.7 Å². The van der Waals surface area contributed by atoms with Gasteiger partial charge in [-0.1, -0.05) is 0 Å². The second-order valence-corrected chi connectivity index (χ2v) is 7.74. The molecule has 1 aliphatic rings. The zero-order valence-electron chi connectivity index (χ0n) is 14.0. The van der Waals surface area contributed by atoms with Gasteiger partial charge in [0.05, 0.1) is 12.4 Å². The molecule has 1 aliphatic heterocycles. The predicted octanol–water partition coefficient (Wildman–Crippen LogP) is 1.25. The lowest BCUT2D eigenvalue weighted by Gasteiger charge is -2.30. The molecule has 0 saturated carbocycles. The van der Waals surface area contributed by atoms with Crippen LogP contribution in [0.4, 0.5) is 0 Å². The van der Waals surface area contributed by atoms with Crippen LogP contribution in [-0.4, -0.2) is 60.9 Å². The average Bonchev–Trinajstić information content (AvgIpc) is 2.96. The molecule has 0 atom stereocenters. The largest absolute Gasteiger partial charge is 0.378 e. The van der Waals surface area contributed by atoms with Crippen molar-refractivity contribution in [1.29, 1.82) is 0 Å².